The normalized spacial score (nSPS) is 16.4. The molecule has 0 spiro atoms. The van der Waals surface area contributed by atoms with E-state index >= 15 is 0 Å². The van der Waals surface area contributed by atoms with Gasteiger partial charge in [0.2, 0.25) is 0 Å². The molecule has 0 fully saturated rings. The first-order valence-electron chi connectivity index (χ1n) is 10.4. The number of benzene rings is 1. The first kappa shape index (κ1) is 24.1. The third kappa shape index (κ3) is 4.61. The van der Waals surface area contributed by atoms with Gasteiger partial charge in [0, 0.05) is 28.9 Å². The van der Waals surface area contributed by atoms with Gasteiger partial charge in [0.1, 0.15) is 30.0 Å². The smallest absolute Gasteiger partial charge is 0.419 e. The van der Waals surface area contributed by atoms with Gasteiger partial charge in [0.25, 0.3) is 6.43 Å². The van der Waals surface area contributed by atoms with Gasteiger partial charge >= 0.3 is 6.18 Å². The van der Waals surface area contributed by atoms with E-state index < -0.39 is 42.4 Å². The maximum atomic E-state index is 13.5. The molecule has 11 heteroatoms. The van der Waals surface area contributed by atoms with Crippen molar-refractivity contribution in [2.75, 3.05) is 20.4 Å². The number of ether oxygens (including phenoxy) is 2. The molecular formula is C23H21F6N3O2. The third-order valence-corrected chi connectivity index (χ3v) is 5.56. The molecule has 1 aliphatic rings. The number of hydrogen-bond donors (Lipinski definition) is 0. The zero-order valence-corrected chi connectivity index (χ0v) is 18.3. The molecule has 34 heavy (non-hydrogen) atoms. The molecule has 1 aromatic carbocycles. The van der Waals surface area contributed by atoms with Crippen LogP contribution in [0.5, 0.6) is 5.75 Å². The molecule has 1 aliphatic heterocycles. The summed E-state index contributed by atoms with van der Waals surface area (Å²) >= 11 is 0. The molecule has 0 amide bonds. The van der Waals surface area contributed by atoms with E-state index in [1.165, 1.54) is 18.2 Å². The predicted octanol–water partition coefficient (Wildman–Crippen LogP) is 5.80. The summed E-state index contributed by atoms with van der Waals surface area (Å²) in [7, 11) is 1.13. The van der Waals surface area contributed by atoms with Gasteiger partial charge in [-0.05, 0) is 31.2 Å². The van der Waals surface area contributed by atoms with E-state index in [-0.39, 0.29) is 19.0 Å². The molecule has 2 aromatic heterocycles. The predicted molar refractivity (Wildman–Crippen MR) is 112 cm³/mol. The topological polar surface area (TPSA) is 49.2 Å². The van der Waals surface area contributed by atoms with Crippen LogP contribution >= 0.6 is 0 Å². The van der Waals surface area contributed by atoms with Gasteiger partial charge in [-0.25, -0.2) is 18.2 Å². The number of aromatic nitrogens is 3. The molecular weight excluding hydrogens is 464 g/mol. The molecule has 0 bridgehead atoms. The molecule has 3 heterocycles. The lowest BCUT2D eigenvalue weighted by molar-refractivity contribution is -0.138. The Morgan fingerprint density at radius 2 is 1.91 bits per heavy atom. The summed E-state index contributed by atoms with van der Waals surface area (Å²) < 4.78 is 92.4. The molecule has 182 valence electrons. The maximum absolute atomic E-state index is 13.5. The van der Waals surface area contributed by atoms with Crippen molar-refractivity contribution in [2.24, 2.45) is 0 Å². The van der Waals surface area contributed by atoms with Crippen LogP contribution in [0.1, 0.15) is 29.1 Å². The zero-order chi connectivity index (χ0) is 24.6. The van der Waals surface area contributed by atoms with Crippen molar-refractivity contribution in [1.82, 2.24) is 14.5 Å². The van der Waals surface area contributed by atoms with E-state index in [4.69, 9.17) is 9.47 Å². The minimum absolute atomic E-state index is 0.0588. The average Bonchev–Trinajstić information content (AvgIpc) is 3.00. The Morgan fingerprint density at radius 1 is 1.15 bits per heavy atom. The van der Waals surface area contributed by atoms with Crippen LogP contribution in [0.3, 0.4) is 0 Å². The average molecular weight is 485 g/mol. The molecule has 0 unspecified atom stereocenters. The fourth-order valence-corrected chi connectivity index (χ4v) is 4.07. The van der Waals surface area contributed by atoms with E-state index in [0.29, 0.717) is 34.6 Å². The third-order valence-electron chi connectivity index (χ3n) is 5.56. The second-order valence-electron chi connectivity index (χ2n) is 7.87. The number of halogens is 6. The lowest BCUT2D eigenvalue weighted by Crippen LogP contribution is -2.21. The highest BCUT2D eigenvalue weighted by molar-refractivity contribution is 5.70. The zero-order valence-electron chi connectivity index (χ0n) is 18.3. The quantitative estimate of drug-likeness (QED) is 0.429. The first-order valence-corrected chi connectivity index (χ1v) is 10.4. The van der Waals surface area contributed by atoms with Crippen molar-refractivity contribution in [3.63, 3.8) is 0 Å². The number of nitrogens with zero attached hydrogens (tertiary/aromatic N) is 3. The number of rotatable bonds is 5. The standard InChI is InChI=1S/C23H21F6N3O2/c1-12-7-14(8-17(30-12)21(25)26)20-18-5-6-34-15(10-24)11-32(18)22(31-20)13-3-4-16(23(27,28)29)19(9-13)33-2/h3-4,7-9,15,21H,5-6,10-11H2,1-2H3/t15-/m1/s1. The van der Waals surface area contributed by atoms with E-state index in [1.807, 2.05) is 0 Å². The summed E-state index contributed by atoms with van der Waals surface area (Å²) in [6.07, 6.45) is -7.89. The van der Waals surface area contributed by atoms with Crippen LogP contribution in [0.25, 0.3) is 22.6 Å². The molecule has 1 atom stereocenters. The number of pyridine rings is 1. The molecule has 4 rings (SSSR count). The lowest BCUT2D eigenvalue weighted by atomic mass is 10.1. The van der Waals surface area contributed by atoms with Gasteiger partial charge in [-0.15, -0.1) is 0 Å². The van der Waals surface area contributed by atoms with E-state index in [2.05, 4.69) is 9.97 Å². The number of aryl methyl sites for hydroxylation is 1. The van der Waals surface area contributed by atoms with Crippen LogP contribution in [0, 0.1) is 6.92 Å². The fraction of sp³-hybridized carbons (Fsp3) is 0.391. The lowest BCUT2D eigenvalue weighted by Gasteiger charge is -2.16. The summed E-state index contributed by atoms with van der Waals surface area (Å²) in [4.78, 5) is 8.48. The van der Waals surface area contributed by atoms with E-state index in [0.717, 1.165) is 13.2 Å². The Kier molecular flexibility index (Phi) is 6.57. The van der Waals surface area contributed by atoms with E-state index in [1.54, 1.807) is 17.6 Å². The van der Waals surface area contributed by atoms with Crippen molar-refractivity contribution < 1.29 is 35.8 Å². The molecule has 0 aliphatic carbocycles. The summed E-state index contributed by atoms with van der Waals surface area (Å²) in [5, 5.41) is 0. The number of imidazole rings is 1. The molecule has 0 radical (unpaired) electrons. The van der Waals surface area contributed by atoms with Gasteiger partial charge in [-0.1, -0.05) is 6.07 Å². The Bertz CT molecular complexity index is 1190. The van der Waals surface area contributed by atoms with Crippen LogP contribution in [-0.4, -0.2) is 41.0 Å². The minimum atomic E-state index is -4.62. The summed E-state index contributed by atoms with van der Waals surface area (Å²) in [6.45, 7) is 1.04. The van der Waals surface area contributed by atoms with Crippen molar-refractivity contribution in [3.05, 3.63) is 53.0 Å². The number of fused-ring (bicyclic) bond motifs is 1. The van der Waals surface area contributed by atoms with Crippen molar-refractivity contribution in [1.29, 1.82) is 0 Å². The first-order chi connectivity index (χ1) is 16.1. The highest BCUT2D eigenvalue weighted by atomic mass is 19.4. The number of alkyl halides is 6. The van der Waals surface area contributed by atoms with Crippen LogP contribution in [0.2, 0.25) is 0 Å². The van der Waals surface area contributed by atoms with Crippen LogP contribution in [0.4, 0.5) is 26.3 Å². The van der Waals surface area contributed by atoms with Gasteiger partial charge in [-0.2, -0.15) is 13.2 Å². The SMILES string of the molecule is COc1cc(-c2nc(-c3cc(C)nc(C(F)F)c3)c3n2C[C@@H](CF)OCC3)ccc1C(F)(F)F. The van der Waals surface area contributed by atoms with Gasteiger partial charge in [0.05, 0.1) is 31.5 Å². The van der Waals surface area contributed by atoms with E-state index in [9.17, 15) is 26.3 Å². The molecule has 5 nitrogen and oxygen atoms in total. The Labute approximate surface area is 191 Å². The second-order valence-corrected chi connectivity index (χ2v) is 7.87. The largest absolute Gasteiger partial charge is 0.496 e. The Hall–Kier alpha value is -3.08. The number of hydrogen-bond acceptors (Lipinski definition) is 4. The van der Waals surface area contributed by atoms with Crippen LogP contribution in [-0.2, 0) is 23.9 Å². The molecule has 0 saturated carbocycles. The highest BCUT2D eigenvalue weighted by Gasteiger charge is 2.35. The Morgan fingerprint density at radius 3 is 2.56 bits per heavy atom. The highest BCUT2D eigenvalue weighted by Crippen LogP contribution is 2.40. The molecule has 0 N–H and O–H groups in total. The summed E-state index contributed by atoms with van der Waals surface area (Å²) in [5.74, 6) is -0.135. The second kappa shape index (κ2) is 9.28. The molecule has 3 aromatic rings. The van der Waals surface area contributed by atoms with Crippen molar-refractivity contribution >= 4 is 0 Å². The Balaban J connectivity index is 1.92. The van der Waals surface area contributed by atoms with Gasteiger partial charge in [-0.3, -0.25) is 4.98 Å². The monoisotopic (exact) mass is 485 g/mol. The van der Waals surface area contributed by atoms with Gasteiger partial charge < -0.3 is 14.0 Å². The fourth-order valence-electron chi connectivity index (χ4n) is 4.07. The van der Waals surface area contributed by atoms with Crippen LogP contribution in [0.15, 0.2) is 30.3 Å². The van der Waals surface area contributed by atoms with Crippen molar-refractivity contribution in [3.8, 4) is 28.4 Å². The van der Waals surface area contributed by atoms with Crippen LogP contribution < -0.4 is 4.74 Å². The van der Waals surface area contributed by atoms with Crippen molar-refractivity contribution in [2.45, 2.75) is 38.6 Å². The minimum Gasteiger partial charge on any atom is -0.496 e. The number of methoxy groups -OCH3 is 1. The van der Waals surface area contributed by atoms with Gasteiger partial charge in [0.15, 0.2) is 0 Å². The maximum Gasteiger partial charge on any atom is 0.419 e. The summed E-state index contributed by atoms with van der Waals surface area (Å²) in [5.41, 5.74) is 0.657. The summed E-state index contributed by atoms with van der Waals surface area (Å²) in [6, 6.07) is 6.19. The molecule has 0 saturated heterocycles.